The van der Waals surface area contributed by atoms with Crippen molar-refractivity contribution < 1.29 is 0 Å². The third-order valence-electron chi connectivity index (χ3n) is 6.00. The lowest BCUT2D eigenvalue weighted by Gasteiger charge is -2.32. The van der Waals surface area contributed by atoms with Gasteiger partial charge in [0.05, 0.1) is 18.1 Å². The van der Waals surface area contributed by atoms with E-state index in [0.717, 1.165) is 43.1 Å². The van der Waals surface area contributed by atoms with Crippen molar-refractivity contribution in [3.8, 4) is 6.07 Å². The van der Waals surface area contributed by atoms with Gasteiger partial charge in [-0.3, -0.25) is 4.98 Å². The van der Waals surface area contributed by atoms with Crippen LogP contribution < -0.4 is 10.2 Å². The first-order valence-electron chi connectivity index (χ1n) is 10.3. The number of rotatable bonds is 5. The lowest BCUT2D eigenvalue weighted by molar-refractivity contribution is 0.497. The van der Waals surface area contributed by atoms with Crippen LogP contribution in [0.3, 0.4) is 0 Å². The summed E-state index contributed by atoms with van der Waals surface area (Å²) in [4.78, 5) is 17.2. The van der Waals surface area contributed by atoms with Crippen molar-refractivity contribution >= 4 is 28.1 Å². The first-order valence-corrected chi connectivity index (χ1v) is 11.1. The SMILES string of the molecule is CC1=CCC([C@@H]2CCCN2c2cnc(C3CC3)c(Nc3ncc(C#N)s3)n2)C=C1. The van der Waals surface area contributed by atoms with E-state index in [1.165, 1.54) is 29.8 Å². The van der Waals surface area contributed by atoms with E-state index in [1.54, 1.807) is 6.20 Å². The van der Waals surface area contributed by atoms with Crippen LogP contribution >= 0.6 is 11.3 Å². The predicted molar refractivity (Wildman–Crippen MR) is 115 cm³/mol. The van der Waals surface area contributed by atoms with Crippen molar-refractivity contribution in [2.24, 2.45) is 5.92 Å². The Bertz CT molecular complexity index is 1010. The lowest BCUT2D eigenvalue weighted by atomic mass is 9.89. The number of aromatic nitrogens is 3. The summed E-state index contributed by atoms with van der Waals surface area (Å²) in [6.45, 7) is 3.18. The summed E-state index contributed by atoms with van der Waals surface area (Å²) in [7, 11) is 0. The molecule has 0 spiro atoms. The molecule has 0 amide bonds. The number of nitrogens with one attached hydrogen (secondary N) is 1. The molecular formula is C22H24N6S. The molecule has 3 heterocycles. The highest BCUT2D eigenvalue weighted by Crippen LogP contribution is 2.43. The molecule has 6 nitrogen and oxygen atoms in total. The van der Waals surface area contributed by atoms with E-state index in [1.807, 2.05) is 6.20 Å². The Morgan fingerprint density at radius 2 is 2.14 bits per heavy atom. The minimum absolute atomic E-state index is 0.467. The summed E-state index contributed by atoms with van der Waals surface area (Å²) in [5, 5.41) is 13.1. The topological polar surface area (TPSA) is 77.7 Å². The molecule has 1 saturated carbocycles. The molecule has 3 aliphatic rings. The maximum atomic E-state index is 9.08. The minimum atomic E-state index is 0.467. The van der Waals surface area contributed by atoms with Crippen LogP contribution in [0.4, 0.5) is 16.8 Å². The van der Waals surface area contributed by atoms with Gasteiger partial charge in [0.1, 0.15) is 16.8 Å². The zero-order valence-corrected chi connectivity index (χ0v) is 17.3. The minimum Gasteiger partial charge on any atom is -0.352 e. The first-order chi connectivity index (χ1) is 14.2. The van der Waals surface area contributed by atoms with Crippen molar-refractivity contribution in [2.75, 3.05) is 16.8 Å². The van der Waals surface area contributed by atoms with Gasteiger partial charge in [-0.25, -0.2) is 9.97 Å². The second-order valence-electron chi connectivity index (χ2n) is 8.11. The smallest absolute Gasteiger partial charge is 0.189 e. The summed E-state index contributed by atoms with van der Waals surface area (Å²) >= 11 is 1.35. The quantitative estimate of drug-likeness (QED) is 0.762. The highest BCUT2D eigenvalue weighted by molar-refractivity contribution is 7.16. The van der Waals surface area contributed by atoms with Crippen LogP contribution in [0.5, 0.6) is 0 Å². The van der Waals surface area contributed by atoms with Gasteiger partial charge in [0.2, 0.25) is 0 Å². The molecule has 0 aromatic carbocycles. The Kier molecular flexibility index (Phi) is 4.80. The molecular weight excluding hydrogens is 380 g/mol. The summed E-state index contributed by atoms with van der Waals surface area (Å²) in [5.41, 5.74) is 2.38. The maximum Gasteiger partial charge on any atom is 0.189 e. The van der Waals surface area contributed by atoms with Gasteiger partial charge in [0.25, 0.3) is 0 Å². The van der Waals surface area contributed by atoms with Crippen LogP contribution in [-0.4, -0.2) is 27.5 Å². The lowest BCUT2D eigenvalue weighted by Crippen LogP contribution is -2.36. The molecule has 1 unspecified atom stereocenters. The molecule has 1 aliphatic heterocycles. The van der Waals surface area contributed by atoms with Gasteiger partial charge in [-0.15, -0.1) is 0 Å². The van der Waals surface area contributed by atoms with Crippen LogP contribution in [0.25, 0.3) is 0 Å². The van der Waals surface area contributed by atoms with Crippen molar-refractivity contribution in [2.45, 2.75) is 51.0 Å². The van der Waals surface area contributed by atoms with Crippen LogP contribution in [0, 0.1) is 17.2 Å². The molecule has 1 N–H and O–H groups in total. The van der Waals surface area contributed by atoms with E-state index in [9.17, 15) is 0 Å². The van der Waals surface area contributed by atoms with Crippen LogP contribution in [-0.2, 0) is 0 Å². The van der Waals surface area contributed by atoms with Gasteiger partial charge >= 0.3 is 0 Å². The summed E-state index contributed by atoms with van der Waals surface area (Å²) in [6, 6.07) is 2.61. The molecule has 2 fully saturated rings. The van der Waals surface area contributed by atoms with Gasteiger partial charge < -0.3 is 10.2 Å². The largest absolute Gasteiger partial charge is 0.352 e. The van der Waals surface area contributed by atoms with Crippen LogP contribution in [0.1, 0.15) is 55.5 Å². The standard InChI is InChI=1S/C22H24N6S/c1-14-4-6-15(7-5-14)18-3-2-10-28(18)19-13-24-20(16-8-9-16)21(26-19)27-22-25-12-17(11-23)29-22/h4-6,12-13,15-16,18H,2-3,7-10H2,1H3,(H,25,26,27)/t15?,18-/m0/s1. The average molecular weight is 405 g/mol. The number of thiazole rings is 1. The van der Waals surface area contributed by atoms with Gasteiger partial charge in [-0.2, -0.15) is 5.26 Å². The fraction of sp³-hybridized carbons (Fsp3) is 0.455. The van der Waals surface area contributed by atoms with Gasteiger partial charge in [0.15, 0.2) is 10.9 Å². The molecule has 2 aliphatic carbocycles. The summed E-state index contributed by atoms with van der Waals surface area (Å²) in [6.07, 6.45) is 16.3. The second kappa shape index (κ2) is 7.60. The molecule has 2 aromatic rings. The Balaban J connectivity index is 1.42. The molecule has 2 atom stereocenters. The molecule has 2 aromatic heterocycles. The van der Waals surface area contributed by atoms with Gasteiger partial charge in [-0.1, -0.05) is 35.1 Å². The van der Waals surface area contributed by atoms with Crippen LogP contribution in [0.15, 0.2) is 36.2 Å². The number of nitrogens with zero attached hydrogens (tertiary/aromatic N) is 5. The highest BCUT2D eigenvalue weighted by Gasteiger charge is 2.34. The van der Waals surface area contributed by atoms with Gasteiger partial charge in [0, 0.05) is 24.4 Å². The fourth-order valence-corrected chi connectivity index (χ4v) is 4.92. The molecule has 7 heteroatoms. The number of nitriles is 1. The number of hydrogen-bond donors (Lipinski definition) is 1. The number of allylic oxidation sites excluding steroid dienone is 3. The van der Waals surface area contributed by atoms with E-state index in [4.69, 9.17) is 15.2 Å². The first kappa shape index (κ1) is 18.3. The molecule has 148 valence electrons. The summed E-state index contributed by atoms with van der Waals surface area (Å²) < 4.78 is 0. The Morgan fingerprint density at radius 1 is 1.24 bits per heavy atom. The Morgan fingerprint density at radius 3 is 2.86 bits per heavy atom. The maximum absolute atomic E-state index is 9.08. The Labute approximate surface area is 175 Å². The second-order valence-corrected chi connectivity index (χ2v) is 9.14. The number of anilines is 3. The Hall–Kier alpha value is -2.72. The van der Waals surface area contributed by atoms with E-state index in [-0.39, 0.29) is 0 Å². The fourth-order valence-electron chi connectivity index (χ4n) is 4.31. The van der Waals surface area contributed by atoms with Crippen molar-refractivity contribution in [1.29, 1.82) is 5.26 Å². The monoisotopic (exact) mass is 404 g/mol. The average Bonchev–Trinajstić information content (AvgIpc) is 3.28. The van der Waals surface area contributed by atoms with Crippen molar-refractivity contribution in [1.82, 2.24) is 15.0 Å². The zero-order chi connectivity index (χ0) is 19.8. The predicted octanol–water partition coefficient (Wildman–Crippen LogP) is 4.92. The molecule has 1 saturated heterocycles. The third-order valence-corrected chi connectivity index (χ3v) is 6.82. The van der Waals surface area contributed by atoms with E-state index in [2.05, 4.69) is 46.4 Å². The number of hydrogen-bond acceptors (Lipinski definition) is 7. The normalized spacial score (nSPS) is 23.7. The molecule has 0 radical (unpaired) electrons. The van der Waals surface area contributed by atoms with Gasteiger partial charge in [-0.05, 0) is 39.0 Å². The molecule has 29 heavy (non-hydrogen) atoms. The van der Waals surface area contributed by atoms with Crippen LogP contribution in [0.2, 0.25) is 0 Å². The third kappa shape index (κ3) is 3.77. The zero-order valence-electron chi connectivity index (χ0n) is 16.5. The van der Waals surface area contributed by atoms with E-state index < -0.39 is 0 Å². The van der Waals surface area contributed by atoms with Crippen molar-refractivity contribution in [3.05, 3.63) is 46.8 Å². The molecule has 0 bridgehead atoms. The van der Waals surface area contributed by atoms with E-state index >= 15 is 0 Å². The summed E-state index contributed by atoms with van der Waals surface area (Å²) in [5.74, 6) is 2.75. The highest BCUT2D eigenvalue weighted by atomic mass is 32.1. The van der Waals surface area contributed by atoms with Crippen molar-refractivity contribution in [3.63, 3.8) is 0 Å². The molecule has 5 rings (SSSR count). The van der Waals surface area contributed by atoms with E-state index in [0.29, 0.717) is 27.9 Å².